The standard InChI is InChI=1S/C57H96O12S/c1-3-5-7-9-11-13-15-17-19-21-23-24-25-26-28-29-31-33-35-37-39-41-43-45-52(58)66-47-50(48-67-57-56(62)55(61)54(60)51(69-57)49-70(63,64)65)68-53(59)46-44-42-40-38-36-34-32-30-27-22-20-18-16-14-12-10-8-6-4-2/h6,8,12,14,18,20,27,30,34,36-37,39-40,42,50-51,54-57,60-62H,3-5,7,9-11,13,15-17,19,21-26,28-29,31-33,35,38,41,43-49H2,1-2H3,(H,63,64,65)/b8-6+,14-12+,20-18+,30-27+,36-34+,39-37+,42-40+/t50-,51-,54-,55?,56?,57+/m1/s1. The molecule has 4 N–H and O–H groups in total. The van der Waals surface area contributed by atoms with Gasteiger partial charge in [0, 0.05) is 12.8 Å². The molecule has 1 heterocycles. The third-order valence-corrected chi connectivity index (χ3v) is 12.7. The molecule has 1 fully saturated rings. The van der Waals surface area contributed by atoms with Crippen LogP contribution in [0.3, 0.4) is 0 Å². The fourth-order valence-corrected chi connectivity index (χ4v) is 8.52. The second kappa shape index (κ2) is 45.7. The van der Waals surface area contributed by atoms with E-state index in [4.69, 9.17) is 18.9 Å². The predicted octanol–water partition coefficient (Wildman–Crippen LogP) is 12.8. The highest BCUT2D eigenvalue weighted by molar-refractivity contribution is 7.85. The lowest BCUT2D eigenvalue weighted by Crippen LogP contribution is -2.60. The molecule has 402 valence electrons. The summed E-state index contributed by atoms with van der Waals surface area (Å²) >= 11 is 0. The molecular weight excluding hydrogens is 909 g/mol. The van der Waals surface area contributed by atoms with E-state index in [1.165, 1.54) is 109 Å². The minimum absolute atomic E-state index is 0.0301. The molecule has 12 nitrogen and oxygen atoms in total. The summed E-state index contributed by atoms with van der Waals surface area (Å²) in [6.45, 7) is 3.59. The minimum Gasteiger partial charge on any atom is -0.462 e. The Bertz CT molecular complexity index is 1600. The maximum absolute atomic E-state index is 12.8. The molecule has 1 rings (SSSR count). The fourth-order valence-electron chi connectivity index (χ4n) is 7.83. The van der Waals surface area contributed by atoms with Crippen LogP contribution in [-0.4, -0.2) is 96.0 Å². The summed E-state index contributed by atoms with van der Waals surface area (Å²) in [7, 11) is -4.62. The van der Waals surface area contributed by atoms with E-state index >= 15 is 0 Å². The number of rotatable bonds is 45. The number of allylic oxidation sites excluding steroid dienone is 14. The number of ether oxygens (including phenoxy) is 4. The first-order valence-corrected chi connectivity index (χ1v) is 28.8. The Balaban J connectivity index is 2.40. The summed E-state index contributed by atoms with van der Waals surface area (Å²) in [5.74, 6) is -2.14. The van der Waals surface area contributed by atoms with Crippen molar-refractivity contribution >= 4 is 22.1 Å². The maximum atomic E-state index is 12.8. The zero-order chi connectivity index (χ0) is 51.2. The summed E-state index contributed by atoms with van der Waals surface area (Å²) in [6, 6.07) is 0. The second-order valence-corrected chi connectivity index (χ2v) is 20.0. The van der Waals surface area contributed by atoms with E-state index in [0.29, 0.717) is 19.3 Å². The summed E-state index contributed by atoms with van der Waals surface area (Å²) in [6.07, 6.45) is 52.3. The van der Waals surface area contributed by atoms with Crippen molar-refractivity contribution in [3.63, 3.8) is 0 Å². The molecule has 2 unspecified atom stereocenters. The SMILES string of the molecule is CC/C=C/C/C=C/C/C=C/C/C=C/C/C=C/C/C=C/CCC(=O)O[C@H](COC(=O)CCC/C=C/CCCCCCCCCCCCCCCCCCCC)CO[C@H]1O[C@H](CS(=O)(=O)O)[C@@H](O)C(O)C1O. The Labute approximate surface area is 424 Å². The quantitative estimate of drug-likeness (QED) is 0.0196. The Hall–Kier alpha value is -3.17. The molecular formula is C57H96O12S. The molecule has 0 saturated carbocycles. The Morgan fingerprint density at radius 2 is 0.929 bits per heavy atom. The van der Waals surface area contributed by atoms with Crippen molar-refractivity contribution < 1.29 is 56.8 Å². The van der Waals surface area contributed by atoms with E-state index in [9.17, 15) is 37.9 Å². The Morgan fingerprint density at radius 3 is 1.40 bits per heavy atom. The van der Waals surface area contributed by atoms with Gasteiger partial charge in [0.1, 0.15) is 36.8 Å². The lowest BCUT2D eigenvalue weighted by atomic mass is 10.00. The third kappa shape index (κ3) is 39.4. The van der Waals surface area contributed by atoms with Crippen LogP contribution in [0.1, 0.15) is 206 Å². The molecule has 0 spiro atoms. The zero-order valence-corrected chi connectivity index (χ0v) is 44.2. The molecule has 1 aliphatic heterocycles. The summed E-state index contributed by atoms with van der Waals surface area (Å²) in [5, 5.41) is 31.0. The topological polar surface area (TPSA) is 186 Å². The van der Waals surface area contributed by atoms with Gasteiger partial charge in [-0.2, -0.15) is 8.42 Å². The lowest BCUT2D eigenvalue weighted by molar-refractivity contribution is -0.297. The largest absolute Gasteiger partial charge is 0.462 e. The molecule has 0 bridgehead atoms. The fraction of sp³-hybridized carbons (Fsp3) is 0.719. The number of aliphatic hydroxyl groups excluding tert-OH is 3. The van der Waals surface area contributed by atoms with Crippen LogP contribution in [-0.2, 0) is 38.7 Å². The lowest BCUT2D eigenvalue weighted by Gasteiger charge is -2.40. The predicted molar refractivity (Wildman–Crippen MR) is 284 cm³/mol. The van der Waals surface area contributed by atoms with Gasteiger partial charge in [0.2, 0.25) is 0 Å². The summed E-state index contributed by atoms with van der Waals surface area (Å²) < 4.78 is 54.2. The van der Waals surface area contributed by atoms with Gasteiger partial charge in [0.15, 0.2) is 12.4 Å². The van der Waals surface area contributed by atoms with Crippen LogP contribution in [0.5, 0.6) is 0 Å². The Morgan fingerprint density at radius 1 is 0.500 bits per heavy atom. The Kier molecular flexibility index (Phi) is 42.3. The zero-order valence-electron chi connectivity index (χ0n) is 43.3. The molecule has 0 aliphatic carbocycles. The van der Waals surface area contributed by atoms with E-state index in [0.717, 1.165) is 51.4 Å². The molecule has 6 atom stereocenters. The first kappa shape index (κ1) is 64.8. The van der Waals surface area contributed by atoms with Crippen molar-refractivity contribution in [2.24, 2.45) is 0 Å². The van der Waals surface area contributed by atoms with Crippen LogP contribution >= 0.6 is 0 Å². The van der Waals surface area contributed by atoms with Gasteiger partial charge in [0.05, 0.1) is 6.61 Å². The number of carbonyl (C=O) groups is 2. The average Bonchev–Trinajstić information content (AvgIpc) is 3.33. The third-order valence-electron chi connectivity index (χ3n) is 12.0. The minimum atomic E-state index is -4.62. The van der Waals surface area contributed by atoms with E-state index < -0.39 is 71.2 Å². The highest BCUT2D eigenvalue weighted by atomic mass is 32.2. The molecule has 0 aromatic rings. The number of unbranched alkanes of at least 4 members (excludes halogenated alkanes) is 19. The van der Waals surface area contributed by atoms with E-state index in [2.05, 4.69) is 80.7 Å². The van der Waals surface area contributed by atoms with Crippen molar-refractivity contribution in [3.8, 4) is 0 Å². The second-order valence-electron chi connectivity index (χ2n) is 18.5. The van der Waals surface area contributed by atoms with Crippen molar-refractivity contribution in [1.82, 2.24) is 0 Å². The van der Waals surface area contributed by atoms with Crippen molar-refractivity contribution in [1.29, 1.82) is 0 Å². The molecule has 1 saturated heterocycles. The molecule has 0 radical (unpaired) electrons. The smallest absolute Gasteiger partial charge is 0.306 e. The van der Waals surface area contributed by atoms with E-state index in [-0.39, 0.29) is 19.4 Å². The highest BCUT2D eigenvalue weighted by Gasteiger charge is 2.46. The normalized spacial score (nSPS) is 19.7. The van der Waals surface area contributed by atoms with Gasteiger partial charge in [-0.15, -0.1) is 0 Å². The van der Waals surface area contributed by atoms with Gasteiger partial charge in [-0.1, -0.05) is 208 Å². The summed E-state index contributed by atoms with van der Waals surface area (Å²) in [4.78, 5) is 25.5. The molecule has 13 heteroatoms. The van der Waals surface area contributed by atoms with Gasteiger partial charge in [-0.25, -0.2) is 0 Å². The van der Waals surface area contributed by atoms with Gasteiger partial charge < -0.3 is 34.3 Å². The van der Waals surface area contributed by atoms with Crippen molar-refractivity contribution in [2.75, 3.05) is 19.0 Å². The average molecular weight is 1010 g/mol. The monoisotopic (exact) mass is 1000 g/mol. The number of esters is 2. The molecule has 0 aromatic heterocycles. The van der Waals surface area contributed by atoms with Gasteiger partial charge in [-0.05, 0) is 70.6 Å². The van der Waals surface area contributed by atoms with Gasteiger partial charge >= 0.3 is 11.9 Å². The number of aliphatic hydroxyl groups is 3. The molecule has 0 amide bonds. The van der Waals surface area contributed by atoms with Crippen molar-refractivity contribution in [2.45, 2.75) is 243 Å². The van der Waals surface area contributed by atoms with Gasteiger partial charge in [-0.3, -0.25) is 14.1 Å². The highest BCUT2D eigenvalue weighted by Crippen LogP contribution is 2.24. The van der Waals surface area contributed by atoms with Crippen LogP contribution in [0.4, 0.5) is 0 Å². The summed E-state index contributed by atoms with van der Waals surface area (Å²) in [5.41, 5.74) is 0. The van der Waals surface area contributed by atoms with Crippen LogP contribution in [0.2, 0.25) is 0 Å². The number of hydrogen-bond acceptors (Lipinski definition) is 11. The molecule has 0 aromatic carbocycles. The van der Waals surface area contributed by atoms with Crippen molar-refractivity contribution in [3.05, 3.63) is 85.1 Å². The van der Waals surface area contributed by atoms with Crippen LogP contribution in [0.15, 0.2) is 85.1 Å². The first-order valence-electron chi connectivity index (χ1n) is 27.1. The van der Waals surface area contributed by atoms with E-state index in [1.807, 2.05) is 18.2 Å². The number of carbonyl (C=O) groups excluding carboxylic acids is 2. The van der Waals surface area contributed by atoms with Crippen LogP contribution in [0, 0.1) is 0 Å². The molecule has 1 aliphatic rings. The van der Waals surface area contributed by atoms with Crippen LogP contribution in [0.25, 0.3) is 0 Å². The van der Waals surface area contributed by atoms with Gasteiger partial charge in [0.25, 0.3) is 10.1 Å². The molecule has 70 heavy (non-hydrogen) atoms. The first-order chi connectivity index (χ1) is 34.0. The van der Waals surface area contributed by atoms with Crippen LogP contribution < -0.4 is 0 Å². The van der Waals surface area contributed by atoms with E-state index in [1.54, 1.807) is 0 Å². The number of hydrogen-bond donors (Lipinski definition) is 4. The maximum Gasteiger partial charge on any atom is 0.306 e.